The van der Waals surface area contributed by atoms with Crippen molar-refractivity contribution < 1.29 is 18.7 Å². The van der Waals surface area contributed by atoms with Crippen LogP contribution in [0, 0.1) is 22.6 Å². The van der Waals surface area contributed by atoms with Gasteiger partial charge in [0.25, 0.3) is 0 Å². The molecule has 0 aliphatic heterocycles. The molecule has 0 amide bonds. The molecule has 158 valence electrons. The summed E-state index contributed by atoms with van der Waals surface area (Å²) in [7, 11) is 0. The smallest absolute Gasteiger partial charge is 0.167 e. The van der Waals surface area contributed by atoms with Gasteiger partial charge >= 0.3 is 0 Å². The number of hydrogen-bond donors (Lipinski definition) is 0. The first-order valence-corrected chi connectivity index (χ1v) is 10.8. The predicted molar refractivity (Wildman–Crippen MR) is 115 cm³/mol. The van der Waals surface area contributed by atoms with E-state index in [4.69, 9.17) is 16.3 Å². The first-order valence-electron chi connectivity index (χ1n) is 10.4. The van der Waals surface area contributed by atoms with Crippen LogP contribution >= 0.6 is 11.6 Å². The number of carbonyl (C=O) groups is 2. The molecule has 4 rings (SSSR count). The summed E-state index contributed by atoms with van der Waals surface area (Å²) in [5, 5.41) is 0.284. The van der Waals surface area contributed by atoms with E-state index in [2.05, 4.69) is 0 Å². The second kappa shape index (κ2) is 7.19. The molecule has 2 aliphatic carbocycles. The number of ether oxygens (including phenoxy) is 1. The highest BCUT2D eigenvalue weighted by Crippen LogP contribution is 2.62. The third-order valence-electron chi connectivity index (χ3n) is 7.59. The fourth-order valence-electron chi connectivity index (χ4n) is 5.29. The van der Waals surface area contributed by atoms with Crippen molar-refractivity contribution in [2.75, 3.05) is 0 Å². The molecule has 3 atom stereocenters. The van der Waals surface area contributed by atoms with E-state index < -0.39 is 17.2 Å². The van der Waals surface area contributed by atoms with Crippen LogP contribution in [0.25, 0.3) is 0 Å². The Morgan fingerprint density at radius 1 is 1.13 bits per heavy atom. The fourth-order valence-corrected chi connectivity index (χ4v) is 5.45. The lowest BCUT2D eigenvalue weighted by atomic mass is 9.54. The molecule has 0 N–H and O–H groups in total. The van der Waals surface area contributed by atoms with Crippen molar-refractivity contribution >= 4 is 23.2 Å². The van der Waals surface area contributed by atoms with E-state index in [1.807, 2.05) is 33.8 Å². The SMILES string of the molecule is CCc1ccc(Oc2ccc(Cl)cc2F)cc1C1C(=O)[C@@H]2CC[C@](C)(C1=O)C2(C)C. The van der Waals surface area contributed by atoms with Gasteiger partial charge < -0.3 is 4.74 Å². The first-order chi connectivity index (χ1) is 14.1. The lowest BCUT2D eigenvalue weighted by Crippen LogP contribution is -2.52. The maximum atomic E-state index is 14.2. The van der Waals surface area contributed by atoms with Crippen LogP contribution in [0.4, 0.5) is 4.39 Å². The lowest BCUT2D eigenvalue weighted by Gasteiger charge is -2.46. The van der Waals surface area contributed by atoms with E-state index in [0.29, 0.717) is 17.7 Å². The minimum absolute atomic E-state index is 0.00391. The Morgan fingerprint density at radius 2 is 1.87 bits per heavy atom. The number of rotatable bonds is 4. The summed E-state index contributed by atoms with van der Waals surface area (Å²) >= 11 is 5.82. The van der Waals surface area contributed by atoms with Crippen LogP contribution in [-0.4, -0.2) is 11.6 Å². The summed E-state index contributed by atoms with van der Waals surface area (Å²) in [6, 6.07) is 9.54. The number of benzene rings is 2. The molecule has 0 saturated heterocycles. The zero-order chi connectivity index (χ0) is 21.8. The summed E-state index contributed by atoms with van der Waals surface area (Å²) < 4.78 is 19.9. The number of aryl methyl sites for hydroxylation is 1. The molecule has 2 aliphatic rings. The van der Waals surface area contributed by atoms with Crippen LogP contribution in [-0.2, 0) is 16.0 Å². The number of halogens is 2. The van der Waals surface area contributed by atoms with E-state index in [0.717, 1.165) is 18.4 Å². The summed E-state index contributed by atoms with van der Waals surface area (Å²) in [5.41, 5.74) is 0.756. The summed E-state index contributed by atoms with van der Waals surface area (Å²) in [4.78, 5) is 27.1. The summed E-state index contributed by atoms with van der Waals surface area (Å²) in [5.74, 6) is -1.05. The Hall–Kier alpha value is -2.20. The van der Waals surface area contributed by atoms with Crippen LogP contribution in [0.5, 0.6) is 11.5 Å². The van der Waals surface area contributed by atoms with Crippen molar-refractivity contribution in [3.63, 3.8) is 0 Å². The predicted octanol–water partition coefficient (Wildman–Crippen LogP) is 6.51. The molecule has 2 fully saturated rings. The van der Waals surface area contributed by atoms with Gasteiger partial charge in [0.15, 0.2) is 23.1 Å². The molecule has 2 aromatic carbocycles. The van der Waals surface area contributed by atoms with Gasteiger partial charge in [-0.3, -0.25) is 9.59 Å². The van der Waals surface area contributed by atoms with Crippen molar-refractivity contribution in [1.82, 2.24) is 0 Å². The van der Waals surface area contributed by atoms with Crippen LogP contribution in [0.2, 0.25) is 5.02 Å². The van der Waals surface area contributed by atoms with Gasteiger partial charge in [-0.05, 0) is 66.1 Å². The molecule has 2 bridgehead atoms. The van der Waals surface area contributed by atoms with Gasteiger partial charge in [0.05, 0.1) is 0 Å². The van der Waals surface area contributed by atoms with Gasteiger partial charge in [-0.15, -0.1) is 0 Å². The number of carbonyl (C=O) groups excluding carboxylic acids is 2. The maximum Gasteiger partial charge on any atom is 0.167 e. The minimum Gasteiger partial charge on any atom is -0.454 e. The van der Waals surface area contributed by atoms with E-state index in [9.17, 15) is 14.0 Å². The third-order valence-corrected chi connectivity index (χ3v) is 7.83. The van der Waals surface area contributed by atoms with Gasteiger partial charge in [0, 0.05) is 16.4 Å². The Kier molecular flexibility index (Phi) is 5.05. The molecule has 5 heteroatoms. The topological polar surface area (TPSA) is 43.4 Å². The van der Waals surface area contributed by atoms with E-state index in [1.165, 1.54) is 12.1 Å². The lowest BCUT2D eigenvalue weighted by molar-refractivity contribution is -0.149. The molecule has 2 saturated carbocycles. The Labute approximate surface area is 181 Å². The molecular formula is C25H26ClFO3. The molecule has 0 aromatic heterocycles. The number of Topliss-reactive ketones (excluding diaryl/α,β-unsaturated/α-hetero) is 2. The van der Waals surface area contributed by atoms with E-state index >= 15 is 0 Å². The first kappa shape index (κ1) is 21.0. The highest BCUT2D eigenvalue weighted by Gasteiger charge is 2.64. The third kappa shape index (κ3) is 2.99. The van der Waals surface area contributed by atoms with Crippen molar-refractivity contribution in [2.24, 2.45) is 16.7 Å². The standard InChI is InChI=1S/C25H26ClFO3/c1-5-14-6-8-16(30-20-9-7-15(26)12-19(20)27)13-17(14)21-22(28)18-10-11-25(4,23(21)29)24(18,2)3/h6-9,12-13,18,21H,5,10-11H2,1-4H3/t18-,21?,25+/m0/s1. The number of ketones is 2. The van der Waals surface area contributed by atoms with E-state index in [1.54, 1.807) is 18.2 Å². The van der Waals surface area contributed by atoms with Crippen molar-refractivity contribution in [3.05, 3.63) is 58.4 Å². The average Bonchev–Trinajstić information content (AvgIpc) is 2.87. The van der Waals surface area contributed by atoms with Gasteiger partial charge in [-0.25, -0.2) is 4.39 Å². The van der Waals surface area contributed by atoms with Gasteiger partial charge in [-0.2, -0.15) is 0 Å². The highest BCUT2D eigenvalue weighted by atomic mass is 35.5. The van der Waals surface area contributed by atoms with Crippen LogP contribution in [0.1, 0.15) is 57.6 Å². The molecule has 3 nitrogen and oxygen atoms in total. The maximum absolute atomic E-state index is 14.2. The van der Waals surface area contributed by atoms with Crippen LogP contribution < -0.4 is 4.74 Å². The second-order valence-electron chi connectivity index (χ2n) is 9.24. The van der Waals surface area contributed by atoms with Crippen LogP contribution in [0.3, 0.4) is 0 Å². The second-order valence-corrected chi connectivity index (χ2v) is 9.67. The average molecular weight is 429 g/mol. The largest absolute Gasteiger partial charge is 0.454 e. The highest BCUT2D eigenvalue weighted by molar-refractivity contribution is 6.30. The quantitative estimate of drug-likeness (QED) is 0.521. The van der Waals surface area contributed by atoms with Crippen LogP contribution in [0.15, 0.2) is 36.4 Å². The monoisotopic (exact) mass is 428 g/mol. The molecule has 1 unspecified atom stereocenters. The minimum atomic E-state index is -0.788. The Morgan fingerprint density at radius 3 is 2.53 bits per heavy atom. The number of fused-ring (bicyclic) bond motifs is 2. The summed E-state index contributed by atoms with van der Waals surface area (Å²) in [6.45, 7) is 8.08. The molecule has 0 radical (unpaired) electrons. The zero-order valence-electron chi connectivity index (χ0n) is 17.7. The van der Waals surface area contributed by atoms with Crippen molar-refractivity contribution in [2.45, 2.75) is 52.9 Å². The Balaban J connectivity index is 1.76. The molecular weight excluding hydrogens is 403 g/mol. The fraction of sp³-hybridized carbons (Fsp3) is 0.440. The molecule has 0 spiro atoms. The molecule has 2 aromatic rings. The van der Waals surface area contributed by atoms with Crippen molar-refractivity contribution in [1.29, 1.82) is 0 Å². The van der Waals surface area contributed by atoms with Gasteiger partial charge in [0.2, 0.25) is 0 Å². The van der Waals surface area contributed by atoms with Crippen molar-refractivity contribution in [3.8, 4) is 11.5 Å². The van der Waals surface area contributed by atoms with E-state index in [-0.39, 0.29) is 33.7 Å². The zero-order valence-corrected chi connectivity index (χ0v) is 18.5. The van der Waals surface area contributed by atoms with Gasteiger partial charge in [0.1, 0.15) is 11.7 Å². The summed E-state index contributed by atoms with van der Waals surface area (Å²) in [6.07, 6.45) is 2.17. The number of hydrogen-bond acceptors (Lipinski definition) is 3. The molecule has 30 heavy (non-hydrogen) atoms. The normalized spacial score (nSPS) is 27.4. The van der Waals surface area contributed by atoms with Gasteiger partial charge in [-0.1, -0.05) is 45.4 Å². The molecule has 0 heterocycles. The Bertz CT molecular complexity index is 1040.